The molecule has 0 spiro atoms. The van der Waals surface area contributed by atoms with Crippen molar-refractivity contribution in [2.45, 2.75) is 19.9 Å². The molecule has 8 heteroatoms. The van der Waals surface area contributed by atoms with Crippen LogP contribution in [0.2, 0.25) is 0 Å². The van der Waals surface area contributed by atoms with Gasteiger partial charge < -0.3 is 14.8 Å². The zero-order valence-corrected chi connectivity index (χ0v) is 16.8. The first-order valence-corrected chi connectivity index (χ1v) is 10.2. The molecule has 0 aliphatic rings. The van der Waals surface area contributed by atoms with Gasteiger partial charge in [-0.05, 0) is 49.2 Å². The summed E-state index contributed by atoms with van der Waals surface area (Å²) in [5, 5.41) is 2.92. The van der Waals surface area contributed by atoms with E-state index >= 15 is 0 Å². The van der Waals surface area contributed by atoms with Gasteiger partial charge in [0.15, 0.2) is 11.5 Å². The second kappa shape index (κ2) is 8.30. The zero-order chi connectivity index (χ0) is 20.2. The molecule has 1 atom stereocenters. The van der Waals surface area contributed by atoms with Crippen molar-refractivity contribution >= 4 is 21.6 Å². The van der Waals surface area contributed by atoms with Gasteiger partial charge in [0.2, 0.25) is 10.0 Å². The monoisotopic (exact) mass is 392 g/mol. The third-order valence-corrected chi connectivity index (χ3v) is 4.72. The number of carbonyl (C=O) groups is 1. The Hall–Kier alpha value is -2.74. The summed E-state index contributed by atoms with van der Waals surface area (Å²) >= 11 is 0. The predicted molar refractivity (Wildman–Crippen MR) is 105 cm³/mol. The van der Waals surface area contributed by atoms with Crippen molar-refractivity contribution in [3.63, 3.8) is 0 Å². The molecule has 0 saturated heterocycles. The molecular formula is C19H24N2O5S. The van der Waals surface area contributed by atoms with Crippen LogP contribution in [0, 0.1) is 6.92 Å². The summed E-state index contributed by atoms with van der Waals surface area (Å²) in [4.78, 5) is 12.7. The molecule has 7 nitrogen and oxygen atoms in total. The summed E-state index contributed by atoms with van der Waals surface area (Å²) < 4.78 is 35.9. The fourth-order valence-corrected chi connectivity index (χ4v) is 3.29. The van der Waals surface area contributed by atoms with Gasteiger partial charge >= 0.3 is 0 Å². The molecule has 0 fully saturated rings. The van der Waals surface area contributed by atoms with E-state index in [1.807, 2.05) is 13.0 Å². The van der Waals surface area contributed by atoms with Gasteiger partial charge in [0.1, 0.15) is 0 Å². The third kappa shape index (κ3) is 5.13. The van der Waals surface area contributed by atoms with Gasteiger partial charge in [0.05, 0.1) is 32.2 Å². The Bertz CT molecular complexity index is 941. The molecule has 0 aliphatic heterocycles. The predicted octanol–water partition coefficient (Wildman–Crippen LogP) is 2.87. The number of methoxy groups -OCH3 is 2. The van der Waals surface area contributed by atoms with Gasteiger partial charge in [-0.3, -0.25) is 9.52 Å². The van der Waals surface area contributed by atoms with Gasteiger partial charge in [0.25, 0.3) is 5.91 Å². The van der Waals surface area contributed by atoms with Gasteiger partial charge in [-0.15, -0.1) is 0 Å². The highest BCUT2D eigenvalue weighted by atomic mass is 32.2. The lowest BCUT2D eigenvalue weighted by Gasteiger charge is -2.18. The Kier molecular flexibility index (Phi) is 6.32. The highest BCUT2D eigenvalue weighted by Crippen LogP contribution is 2.30. The van der Waals surface area contributed by atoms with Crippen LogP contribution < -0.4 is 19.5 Å². The number of amides is 1. The first-order valence-electron chi connectivity index (χ1n) is 8.26. The average Bonchev–Trinajstić information content (AvgIpc) is 2.61. The fraction of sp³-hybridized carbons (Fsp3) is 0.316. The number of sulfonamides is 1. The smallest absolute Gasteiger partial charge is 0.252 e. The molecule has 0 bridgehead atoms. The number of rotatable bonds is 7. The number of hydrogen-bond acceptors (Lipinski definition) is 5. The molecule has 2 rings (SSSR count). The fourth-order valence-electron chi connectivity index (χ4n) is 2.67. The number of benzene rings is 2. The van der Waals surface area contributed by atoms with Crippen LogP contribution in [0.25, 0.3) is 0 Å². The summed E-state index contributed by atoms with van der Waals surface area (Å²) in [5.74, 6) is 0.883. The highest BCUT2D eigenvalue weighted by molar-refractivity contribution is 7.92. The Morgan fingerprint density at radius 2 is 1.74 bits per heavy atom. The van der Waals surface area contributed by atoms with Crippen LogP contribution in [0.1, 0.15) is 34.5 Å². The van der Waals surface area contributed by atoms with E-state index in [-0.39, 0.29) is 11.9 Å². The average molecular weight is 392 g/mol. The van der Waals surface area contributed by atoms with E-state index in [0.717, 1.165) is 11.8 Å². The molecule has 2 aromatic rings. The summed E-state index contributed by atoms with van der Waals surface area (Å²) in [6, 6.07) is 10.0. The van der Waals surface area contributed by atoms with Crippen LogP contribution in [0.3, 0.4) is 0 Å². The highest BCUT2D eigenvalue weighted by Gasteiger charge is 2.17. The van der Waals surface area contributed by atoms with Crippen molar-refractivity contribution in [2.24, 2.45) is 0 Å². The summed E-state index contributed by atoms with van der Waals surface area (Å²) in [5.41, 5.74) is 2.18. The lowest BCUT2D eigenvalue weighted by Crippen LogP contribution is -2.27. The Morgan fingerprint density at radius 3 is 2.33 bits per heavy atom. The van der Waals surface area contributed by atoms with Crippen LogP contribution in [0.15, 0.2) is 36.4 Å². The van der Waals surface area contributed by atoms with Crippen molar-refractivity contribution in [1.82, 2.24) is 5.32 Å². The maximum absolute atomic E-state index is 12.7. The first kappa shape index (κ1) is 20.6. The van der Waals surface area contributed by atoms with E-state index < -0.39 is 10.0 Å². The molecule has 0 unspecified atom stereocenters. The van der Waals surface area contributed by atoms with Crippen molar-refractivity contribution in [1.29, 1.82) is 0 Å². The van der Waals surface area contributed by atoms with Crippen molar-refractivity contribution in [2.75, 3.05) is 25.2 Å². The zero-order valence-electron chi connectivity index (χ0n) is 16.0. The van der Waals surface area contributed by atoms with Crippen molar-refractivity contribution in [3.8, 4) is 11.5 Å². The number of carbonyl (C=O) groups excluding carboxylic acids is 1. The van der Waals surface area contributed by atoms with Gasteiger partial charge in [-0.25, -0.2) is 8.42 Å². The second-order valence-electron chi connectivity index (χ2n) is 6.16. The summed E-state index contributed by atoms with van der Waals surface area (Å²) in [6.07, 6.45) is 1.07. The van der Waals surface area contributed by atoms with Crippen LogP contribution >= 0.6 is 0 Å². The third-order valence-electron chi connectivity index (χ3n) is 4.13. The first-order chi connectivity index (χ1) is 12.7. The lowest BCUT2D eigenvalue weighted by molar-refractivity contribution is 0.0939. The Balaban J connectivity index is 2.23. The van der Waals surface area contributed by atoms with E-state index in [9.17, 15) is 13.2 Å². The van der Waals surface area contributed by atoms with E-state index in [2.05, 4.69) is 10.0 Å². The van der Waals surface area contributed by atoms with Crippen LogP contribution in [-0.4, -0.2) is 34.8 Å². The number of anilines is 1. The van der Waals surface area contributed by atoms with Gasteiger partial charge in [-0.2, -0.15) is 0 Å². The summed E-state index contributed by atoms with van der Waals surface area (Å²) in [7, 11) is -0.321. The Labute approximate surface area is 159 Å². The standard InChI is InChI=1S/C19H24N2O5S/c1-12-15(7-6-8-16(12)21-27(5,23)24)19(22)20-13(2)14-9-10-17(25-3)18(11-14)26-4/h6-11,13,21H,1-5H3,(H,20,22)/t13-/m1/s1. The second-order valence-corrected chi connectivity index (χ2v) is 7.91. The van der Waals surface area contributed by atoms with E-state index in [1.165, 1.54) is 0 Å². The molecule has 0 heterocycles. The largest absolute Gasteiger partial charge is 0.493 e. The maximum atomic E-state index is 12.7. The van der Waals surface area contributed by atoms with E-state index in [0.29, 0.717) is 28.3 Å². The lowest BCUT2D eigenvalue weighted by atomic mass is 10.0. The molecule has 0 radical (unpaired) electrons. The van der Waals surface area contributed by atoms with Crippen LogP contribution in [-0.2, 0) is 10.0 Å². The summed E-state index contributed by atoms with van der Waals surface area (Å²) in [6.45, 7) is 3.55. The SMILES string of the molecule is COc1ccc([C@@H](C)NC(=O)c2cccc(NS(C)(=O)=O)c2C)cc1OC. The normalized spacial score (nSPS) is 12.2. The molecule has 2 N–H and O–H groups in total. The molecule has 146 valence electrons. The number of ether oxygens (including phenoxy) is 2. The molecule has 0 aromatic heterocycles. The van der Waals surface area contributed by atoms with Gasteiger partial charge in [-0.1, -0.05) is 12.1 Å². The topological polar surface area (TPSA) is 93.7 Å². The number of nitrogens with one attached hydrogen (secondary N) is 2. The molecule has 1 amide bonds. The van der Waals surface area contributed by atoms with Crippen molar-refractivity contribution in [3.05, 3.63) is 53.1 Å². The molecule has 0 saturated carbocycles. The molecule has 0 aliphatic carbocycles. The minimum Gasteiger partial charge on any atom is -0.493 e. The quantitative estimate of drug-likeness (QED) is 0.756. The van der Waals surface area contributed by atoms with Crippen LogP contribution in [0.5, 0.6) is 11.5 Å². The van der Waals surface area contributed by atoms with Crippen LogP contribution in [0.4, 0.5) is 5.69 Å². The molecule has 27 heavy (non-hydrogen) atoms. The van der Waals surface area contributed by atoms with Crippen molar-refractivity contribution < 1.29 is 22.7 Å². The molecular weight excluding hydrogens is 368 g/mol. The van der Waals surface area contributed by atoms with Gasteiger partial charge in [0, 0.05) is 5.56 Å². The minimum absolute atomic E-state index is 0.289. The molecule has 2 aromatic carbocycles. The minimum atomic E-state index is -3.43. The Morgan fingerprint density at radius 1 is 1.07 bits per heavy atom. The number of hydrogen-bond donors (Lipinski definition) is 2. The maximum Gasteiger partial charge on any atom is 0.252 e. The van der Waals surface area contributed by atoms with E-state index in [4.69, 9.17) is 9.47 Å². The van der Waals surface area contributed by atoms with E-state index in [1.54, 1.807) is 51.5 Å².